The van der Waals surface area contributed by atoms with Gasteiger partial charge in [-0.3, -0.25) is 10.9 Å². The number of nitrogens with one attached hydrogen (secondary N) is 3. The standard InChI is InChI=1S/C11H15N3O2S/c1-2-7-12-11(17)14-13-9-5-3-8(4-6-9)10(15)16/h3-6,13H,2,7H2,1H3,(H,15,16)(H2,12,14,17). The largest absolute Gasteiger partial charge is 0.478 e. The molecule has 0 saturated heterocycles. The van der Waals surface area contributed by atoms with Crippen LogP contribution in [0.5, 0.6) is 0 Å². The zero-order valence-corrected chi connectivity index (χ0v) is 10.3. The minimum atomic E-state index is -0.940. The first-order valence-corrected chi connectivity index (χ1v) is 5.67. The summed E-state index contributed by atoms with van der Waals surface area (Å²) in [5, 5.41) is 12.2. The van der Waals surface area contributed by atoms with Gasteiger partial charge >= 0.3 is 5.97 Å². The topological polar surface area (TPSA) is 73.4 Å². The van der Waals surface area contributed by atoms with E-state index in [0.29, 0.717) is 5.11 Å². The van der Waals surface area contributed by atoms with Crippen LogP contribution in [0.15, 0.2) is 24.3 Å². The van der Waals surface area contributed by atoms with Gasteiger partial charge in [-0.25, -0.2) is 4.79 Å². The molecule has 0 aliphatic carbocycles. The molecule has 0 heterocycles. The normalized spacial score (nSPS) is 9.47. The summed E-state index contributed by atoms with van der Waals surface area (Å²) in [5.74, 6) is -0.940. The number of thiocarbonyl (C=S) groups is 1. The van der Waals surface area contributed by atoms with Crippen molar-refractivity contribution in [3.63, 3.8) is 0 Å². The lowest BCUT2D eigenvalue weighted by Gasteiger charge is -2.11. The molecule has 17 heavy (non-hydrogen) atoms. The Kier molecular flexibility index (Phi) is 5.22. The second-order valence-electron chi connectivity index (χ2n) is 3.39. The van der Waals surface area contributed by atoms with E-state index in [0.717, 1.165) is 18.7 Å². The van der Waals surface area contributed by atoms with E-state index >= 15 is 0 Å². The third kappa shape index (κ3) is 4.69. The number of benzene rings is 1. The Bertz CT molecular complexity index is 392. The molecule has 4 N–H and O–H groups in total. The highest BCUT2D eigenvalue weighted by Crippen LogP contribution is 2.08. The van der Waals surface area contributed by atoms with Crippen LogP contribution in [0.1, 0.15) is 23.7 Å². The highest BCUT2D eigenvalue weighted by Gasteiger charge is 2.01. The minimum absolute atomic E-state index is 0.252. The number of hydrogen-bond donors (Lipinski definition) is 4. The lowest BCUT2D eigenvalue weighted by Crippen LogP contribution is -2.39. The zero-order chi connectivity index (χ0) is 12.7. The molecule has 6 heteroatoms. The predicted molar refractivity (Wildman–Crippen MR) is 71.1 cm³/mol. The van der Waals surface area contributed by atoms with Gasteiger partial charge in [-0.1, -0.05) is 6.92 Å². The number of hydrazine groups is 1. The van der Waals surface area contributed by atoms with Crippen LogP contribution in [-0.2, 0) is 0 Å². The second kappa shape index (κ2) is 6.70. The van der Waals surface area contributed by atoms with E-state index in [1.165, 1.54) is 12.1 Å². The predicted octanol–water partition coefficient (Wildman–Crippen LogP) is 1.59. The van der Waals surface area contributed by atoms with Crippen LogP contribution in [0.2, 0.25) is 0 Å². The number of carbonyl (C=O) groups is 1. The summed E-state index contributed by atoms with van der Waals surface area (Å²) < 4.78 is 0. The summed E-state index contributed by atoms with van der Waals surface area (Å²) in [4.78, 5) is 10.6. The van der Waals surface area contributed by atoms with Gasteiger partial charge in [-0.05, 0) is 42.9 Å². The van der Waals surface area contributed by atoms with Crippen LogP contribution in [0.25, 0.3) is 0 Å². The Hall–Kier alpha value is -1.82. The summed E-state index contributed by atoms with van der Waals surface area (Å²) in [6.45, 7) is 2.86. The van der Waals surface area contributed by atoms with E-state index in [2.05, 4.69) is 16.2 Å². The van der Waals surface area contributed by atoms with Gasteiger partial charge in [0.1, 0.15) is 0 Å². The van der Waals surface area contributed by atoms with Crippen molar-refractivity contribution < 1.29 is 9.90 Å². The van der Waals surface area contributed by atoms with Crippen LogP contribution in [0.3, 0.4) is 0 Å². The molecule has 92 valence electrons. The summed E-state index contributed by atoms with van der Waals surface area (Å²) >= 11 is 5.01. The molecule has 0 bridgehead atoms. The Morgan fingerprint density at radius 3 is 2.53 bits per heavy atom. The van der Waals surface area contributed by atoms with Gasteiger partial charge in [0.2, 0.25) is 0 Å². The molecule has 0 aliphatic heterocycles. The SMILES string of the molecule is CCCNC(=S)NNc1ccc(C(=O)O)cc1. The first-order valence-electron chi connectivity index (χ1n) is 5.26. The Labute approximate surface area is 105 Å². The molecule has 0 aromatic heterocycles. The van der Waals surface area contributed by atoms with Gasteiger partial charge in [0.15, 0.2) is 5.11 Å². The fourth-order valence-corrected chi connectivity index (χ4v) is 1.26. The number of rotatable bonds is 5. The maximum Gasteiger partial charge on any atom is 0.335 e. The number of carboxylic acids is 1. The second-order valence-corrected chi connectivity index (χ2v) is 3.80. The van der Waals surface area contributed by atoms with Crippen molar-refractivity contribution >= 4 is 29.0 Å². The molecule has 0 unspecified atom stereocenters. The molecule has 1 aromatic rings. The maximum absolute atomic E-state index is 10.6. The quantitative estimate of drug-likeness (QED) is 0.472. The van der Waals surface area contributed by atoms with Crippen molar-refractivity contribution in [3.05, 3.63) is 29.8 Å². The molecule has 5 nitrogen and oxygen atoms in total. The molecule has 0 amide bonds. The number of hydrogen-bond acceptors (Lipinski definition) is 3. The van der Waals surface area contributed by atoms with Crippen LogP contribution < -0.4 is 16.2 Å². The van der Waals surface area contributed by atoms with Crippen molar-refractivity contribution in [3.8, 4) is 0 Å². The molecular formula is C11H15N3O2S. The van der Waals surface area contributed by atoms with Gasteiger partial charge < -0.3 is 10.4 Å². The monoisotopic (exact) mass is 253 g/mol. The van der Waals surface area contributed by atoms with Gasteiger partial charge in [-0.15, -0.1) is 0 Å². The smallest absolute Gasteiger partial charge is 0.335 e. The first kappa shape index (κ1) is 13.2. The highest BCUT2D eigenvalue weighted by molar-refractivity contribution is 7.80. The third-order valence-electron chi connectivity index (χ3n) is 1.99. The van der Waals surface area contributed by atoms with Crippen LogP contribution in [0, 0.1) is 0 Å². The van der Waals surface area contributed by atoms with Gasteiger partial charge in [0.25, 0.3) is 0 Å². The van der Waals surface area contributed by atoms with Crippen molar-refractivity contribution in [2.75, 3.05) is 12.0 Å². The van der Waals surface area contributed by atoms with Crippen molar-refractivity contribution in [2.24, 2.45) is 0 Å². The Morgan fingerprint density at radius 2 is 2.00 bits per heavy atom. The number of carboxylic acid groups (broad SMARTS) is 1. The van der Waals surface area contributed by atoms with E-state index < -0.39 is 5.97 Å². The number of aromatic carboxylic acids is 1. The molecular weight excluding hydrogens is 238 g/mol. The maximum atomic E-state index is 10.6. The van der Waals surface area contributed by atoms with Gasteiger partial charge in [-0.2, -0.15) is 0 Å². The molecule has 0 radical (unpaired) electrons. The lowest BCUT2D eigenvalue weighted by atomic mass is 10.2. The van der Waals surface area contributed by atoms with E-state index in [9.17, 15) is 4.79 Å². The fourth-order valence-electron chi connectivity index (χ4n) is 1.11. The molecule has 0 fully saturated rings. The Morgan fingerprint density at radius 1 is 1.35 bits per heavy atom. The fraction of sp³-hybridized carbons (Fsp3) is 0.273. The van der Waals surface area contributed by atoms with Crippen LogP contribution in [-0.4, -0.2) is 22.7 Å². The van der Waals surface area contributed by atoms with Crippen molar-refractivity contribution in [1.29, 1.82) is 0 Å². The van der Waals surface area contributed by atoms with Gasteiger partial charge in [0.05, 0.1) is 11.3 Å². The minimum Gasteiger partial charge on any atom is -0.478 e. The zero-order valence-electron chi connectivity index (χ0n) is 9.49. The van der Waals surface area contributed by atoms with Crippen molar-refractivity contribution in [1.82, 2.24) is 10.7 Å². The Balaban J connectivity index is 2.42. The molecule has 0 aliphatic rings. The first-order chi connectivity index (χ1) is 8.13. The van der Waals surface area contributed by atoms with Crippen LogP contribution >= 0.6 is 12.2 Å². The van der Waals surface area contributed by atoms with Gasteiger partial charge in [0, 0.05) is 6.54 Å². The molecule has 1 aromatic carbocycles. The lowest BCUT2D eigenvalue weighted by molar-refractivity contribution is 0.0697. The summed E-state index contributed by atoms with van der Waals surface area (Å²) in [5.41, 5.74) is 6.68. The summed E-state index contributed by atoms with van der Waals surface area (Å²) in [6, 6.07) is 6.38. The van der Waals surface area contributed by atoms with E-state index in [4.69, 9.17) is 17.3 Å². The molecule has 0 atom stereocenters. The highest BCUT2D eigenvalue weighted by atomic mass is 32.1. The molecule has 0 saturated carbocycles. The average molecular weight is 253 g/mol. The van der Waals surface area contributed by atoms with E-state index in [-0.39, 0.29) is 5.56 Å². The van der Waals surface area contributed by atoms with E-state index in [1.54, 1.807) is 12.1 Å². The van der Waals surface area contributed by atoms with Crippen LogP contribution in [0.4, 0.5) is 5.69 Å². The number of anilines is 1. The summed E-state index contributed by atoms with van der Waals surface area (Å²) in [6.07, 6.45) is 0.995. The summed E-state index contributed by atoms with van der Waals surface area (Å²) in [7, 11) is 0. The molecule has 1 rings (SSSR count). The van der Waals surface area contributed by atoms with E-state index in [1.807, 2.05) is 6.92 Å². The van der Waals surface area contributed by atoms with Crippen molar-refractivity contribution in [2.45, 2.75) is 13.3 Å². The molecule has 0 spiro atoms. The average Bonchev–Trinajstić information content (AvgIpc) is 2.34. The third-order valence-corrected chi connectivity index (χ3v) is 2.23.